The lowest BCUT2D eigenvalue weighted by Crippen LogP contribution is -2.12. The number of esters is 4. The molecule has 0 radical (unpaired) electrons. The molecule has 4 aliphatic rings. The summed E-state index contributed by atoms with van der Waals surface area (Å²) in [6, 6.07) is 54.8. The van der Waals surface area contributed by atoms with Crippen molar-refractivity contribution in [2.75, 3.05) is 47.7 Å². The summed E-state index contributed by atoms with van der Waals surface area (Å²) in [5, 5.41) is 24.9. The van der Waals surface area contributed by atoms with Crippen LogP contribution in [0.5, 0.6) is 0 Å². The quantitative estimate of drug-likeness (QED) is 0.0113. The highest BCUT2D eigenvalue weighted by Crippen LogP contribution is 2.36. The van der Waals surface area contributed by atoms with E-state index in [0.29, 0.717) is 73.4 Å². The second-order valence-corrected chi connectivity index (χ2v) is 30.3. The molecule has 588 valence electrons. The fourth-order valence-corrected chi connectivity index (χ4v) is 15.5. The molecule has 0 amide bonds. The molecule has 0 saturated heterocycles. The highest BCUT2D eigenvalue weighted by molar-refractivity contribution is 5.93. The van der Waals surface area contributed by atoms with Crippen molar-refractivity contribution in [1.29, 1.82) is 0 Å². The zero-order chi connectivity index (χ0) is 78.5. The normalized spacial score (nSPS) is 14.5. The summed E-state index contributed by atoms with van der Waals surface area (Å²) in [5.41, 5.74) is 19.3. The van der Waals surface area contributed by atoms with E-state index < -0.39 is 4.92 Å². The summed E-state index contributed by atoms with van der Waals surface area (Å²) in [4.78, 5) is 62.5. The molecule has 0 aromatic heterocycles. The van der Waals surface area contributed by atoms with Gasteiger partial charge in [0.15, 0.2) is 5.69 Å². The van der Waals surface area contributed by atoms with Crippen LogP contribution in [-0.4, -0.2) is 55.2 Å². The largest absolute Gasteiger partial charge is 0.462 e. The number of nitro groups is 1. The average molecular weight is 1500 g/mol. The molecule has 8 aromatic carbocycles. The molecule has 16 heteroatoms. The number of carbonyl (C=O) groups is 4. The third-order valence-electron chi connectivity index (χ3n) is 21.8. The highest BCUT2D eigenvalue weighted by atomic mass is 16.6. The van der Waals surface area contributed by atoms with Crippen LogP contribution in [0, 0.1) is 54.2 Å². The number of nitro benzene ring substituents is 1. The van der Waals surface area contributed by atoms with Crippen molar-refractivity contribution in [3.63, 3.8) is 0 Å². The molecular weight excluding hydrogens is 1390 g/mol. The molecule has 0 bridgehead atoms. The van der Waals surface area contributed by atoms with Gasteiger partial charge in [0.1, 0.15) is 0 Å². The van der Waals surface area contributed by atoms with Crippen molar-refractivity contribution in [1.82, 2.24) is 0 Å². The third kappa shape index (κ3) is 28.2. The Kier molecular flexibility index (Phi) is 34.9. The lowest BCUT2D eigenvalue weighted by molar-refractivity contribution is -0.384. The molecule has 8 aromatic rings. The molecule has 4 saturated carbocycles. The van der Waals surface area contributed by atoms with E-state index in [0.717, 1.165) is 90.4 Å². The van der Waals surface area contributed by atoms with Gasteiger partial charge in [-0.05, 0) is 184 Å². The van der Waals surface area contributed by atoms with Gasteiger partial charge in [0, 0.05) is 61.1 Å². The van der Waals surface area contributed by atoms with Crippen molar-refractivity contribution in [2.24, 2.45) is 23.7 Å². The number of nitrogens with zero attached hydrogens (tertiary/aromatic N) is 2. The van der Waals surface area contributed by atoms with Crippen LogP contribution in [0.3, 0.4) is 0 Å². The summed E-state index contributed by atoms with van der Waals surface area (Å²) in [6.07, 6.45) is 30.6. The number of benzene rings is 8. The zero-order valence-electron chi connectivity index (χ0n) is 66.6. The van der Waals surface area contributed by atoms with Crippen molar-refractivity contribution in [3.8, 4) is 0 Å². The monoisotopic (exact) mass is 1500 g/mol. The van der Waals surface area contributed by atoms with Gasteiger partial charge in [-0.25, -0.2) is 24.0 Å². The van der Waals surface area contributed by atoms with Gasteiger partial charge in [0.05, 0.1) is 60.2 Å². The second-order valence-electron chi connectivity index (χ2n) is 30.3. The van der Waals surface area contributed by atoms with Crippen molar-refractivity contribution in [2.45, 2.75) is 222 Å². The zero-order valence-corrected chi connectivity index (χ0v) is 66.6. The lowest BCUT2D eigenvalue weighted by Gasteiger charge is -2.23. The smallest absolute Gasteiger partial charge is 0.338 e. The Labute approximate surface area is 660 Å². The topological polar surface area (TPSA) is 201 Å². The first-order valence-corrected chi connectivity index (χ1v) is 41.0. The Hall–Kier alpha value is -10.3. The first kappa shape index (κ1) is 84.7. The van der Waals surface area contributed by atoms with Gasteiger partial charge in [0.25, 0.3) is 5.69 Å². The summed E-state index contributed by atoms with van der Waals surface area (Å²) >= 11 is 0. The summed E-state index contributed by atoms with van der Waals surface area (Å²) in [5.74, 6) is 1.81. The Balaban J connectivity index is 0.000000170. The van der Waals surface area contributed by atoms with E-state index in [2.05, 4.69) is 107 Å². The summed E-state index contributed by atoms with van der Waals surface area (Å²) in [6.45, 7) is 22.8. The summed E-state index contributed by atoms with van der Waals surface area (Å²) < 4.78 is 20.7. The predicted octanol–water partition coefficient (Wildman–Crippen LogP) is 23.5. The lowest BCUT2D eigenvalue weighted by atomic mass is 9.84. The van der Waals surface area contributed by atoms with Crippen molar-refractivity contribution < 1.29 is 43.0 Å². The second kappa shape index (κ2) is 45.8. The summed E-state index contributed by atoms with van der Waals surface area (Å²) in [7, 11) is 0. The average Bonchev–Trinajstić information content (AvgIpc) is 0.848. The first-order valence-electron chi connectivity index (χ1n) is 41.0. The van der Waals surface area contributed by atoms with Crippen LogP contribution in [-0.2, 0) is 70.8 Å². The van der Waals surface area contributed by atoms with Crippen LogP contribution in [0.2, 0.25) is 0 Å². The van der Waals surface area contributed by atoms with Crippen molar-refractivity contribution >= 4 is 58.0 Å². The van der Waals surface area contributed by atoms with Gasteiger partial charge in [-0.2, -0.15) is 0 Å². The van der Waals surface area contributed by atoms with Crippen LogP contribution < -0.4 is 21.3 Å². The maximum atomic E-state index is 12.2. The molecule has 0 unspecified atom stereocenters. The minimum atomic E-state index is -0.400. The van der Waals surface area contributed by atoms with Gasteiger partial charge in [-0.15, -0.1) is 0 Å². The van der Waals surface area contributed by atoms with E-state index in [1.165, 1.54) is 185 Å². The minimum Gasteiger partial charge on any atom is -0.462 e. The molecule has 0 atom stereocenters. The minimum absolute atomic E-state index is 0.0797. The van der Waals surface area contributed by atoms with Crippen LogP contribution >= 0.6 is 0 Å². The van der Waals surface area contributed by atoms with Crippen LogP contribution in [0.15, 0.2) is 170 Å². The molecule has 0 heterocycles. The van der Waals surface area contributed by atoms with E-state index in [1.807, 2.05) is 99.6 Å². The Morgan fingerprint density at radius 3 is 0.820 bits per heavy atom. The molecule has 0 spiro atoms. The van der Waals surface area contributed by atoms with Crippen LogP contribution in [0.1, 0.15) is 253 Å². The van der Waals surface area contributed by atoms with Crippen LogP contribution in [0.4, 0.5) is 34.1 Å². The Morgan fingerprint density at radius 2 is 0.595 bits per heavy atom. The molecular formula is C95H118N6O10. The van der Waals surface area contributed by atoms with Gasteiger partial charge >= 0.3 is 23.9 Å². The van der Waals surface area contributed by atoms with E-state index in [1.54, 1.807) is 19.1 Å². The molecule has 4 fully saturated rings. The first-order chi connectivity index (χ1) is 54.1. The number of carbonyl (C=O) groups excluding carboxylic acids is 4. The van der Waals surface area contributed by atoms with E-state index in [-0.39, 0.29) is 29.6 Å². The number of anilines is 4. The van der Waals surface area contributed by atoms with Crippen LogP contribution in [0.25, 0.3) is 4.85 Å². The number of hydrogen-bond donors (Lipinski definition) is 4. The predicted molar refractivity (Wildman–Crippen MR) is 448 cm³/mol. The standard InChI is InChI=1S/C24H28N2O2.2C24H31NO2.C23H28N2O4/c1-3-28-24(27)21-12-11-20(15-18-7-5-4-6-8-18)23(16-21)26-17-19-9-13-22(25-2)14-10-19;2*1-3-27-24(26)22-14-13-21(15-19-7-5-4-6-8-19)23(16-22)25-17-20-11-9-18(2)10-12-20;1-2-29-23(26)20-11-10-19(14-17-6-4-3-5-7-17)22(15-20)24-16-18-8-12-21(13-9-18)25(27)28/h9-14,16,18,26H,3-8,15,17H2,1H3;2*9-14,16,19,25H,3-8,15,17H2,1-2H3;8-13,15,17,24H,2-7,14,16H2,1H3. The maximum Gasteiger partial charge on any atom is 0.338 e. The molecule has 4 N–H and O–H groups in total. The van der Waals surface area contributed by atoms with E-state index in [9.17, 15) is 29.3 Å². The maximum absolute atomic E-state index is 12.2. The number of non-ortho nitro benzene ring substituents is 1. The number of aryl methyl sites for hydroxylation is 2. The highest BCUT2D eigenvalue weighted by Gasteiger charge is 2.23. The van der Waals surface area contributed by atoms with Gasteiger partial charge in [-0.3, -0.25) is 10.1 Å². The van der Waals surface area contributed by atoms with Gasteiger partial charge < -0.3 is 40.2 Å². The number of nitrogens with one attached hydrogen (secondary N) is 4. The molecule has 111 heavy (non-hydrogen) atoms. The number of ether oxygens (including phenoxy) is 4. The molecule has 12 rings (SSSR count). The SMILES string of the molecule is CCOC(=O)c1ccc(CC2CCCCC2)c(NCc2ccc(C)cc2)c1.CCOC(=O)c1ccc(CC2CCCCC2)c(NCc2ccc(C)cc2)c1.CCOC(=O)c1ccc(CC2CCCCC2)c(NCc2ccc([N+](=O)[O-])cc2)c1.[C-]#[N+]c1ccc(CNc2cc(C(=O)OCC)ccc2CC2CCCCC2)cc1. The fourth-order valence-electron chi connectivity index (χ4n) is 15.5. The Morgan fingerprint density at radius 1 is 0.360 bits per heavy atom. The van der Waals surface area contributed by atoms with E-state index in [4.69, 9.17) is 25.5 Å². The number of rotatable bonds is 29. The van der Waals surface area contributed by atoms with Gasteiger partial charge in [-0.1, -0.05) is 249 Å². The third-order valence-corrected chi connectivity index (χ3v) is 21.8. The van der Waals surface area contributed by atoms with Crippen molar-refractivity contribution in [3.05, 3.63) is 269 Å². The van der Waals surface area contributed by atoms with E-state index >= 15 is 0 Å². The Bertz CT molecular complexity index is 4130. The number of hydrogen-bond acceptors (Lipinski definition) is 14. The fraction of sp³-hybridized carbons (Fsp3) is 0.442. The van der Waals surface area contributed by atoms with Gasteiger partial charge in [0.2, 0.25) is 0 Å². The molecule has 16 nitrogen and oxygen atoms in total. The molecule has 0 aliphatic heterocycles. The molecule has 4 aliphatic carbocycles.